The van der Waals surface area contributed by atoms with Crippen LogP contribution in [-0.4, -0.2) is 40.8 Å². The van der Waals surface area contributed by atoms with E-state index in [0.717, 1.165) is 5.56 Å². The highest BCUT2D eigenvalue weighted by Gasteiger charge is 2.37. The Hall–Kier alpha value is -1.46. The zero-order valence-electron chi connectivity index (χ0n) is 14.6. The van der Waals surface area contributed by atoms with Crippen LogP contribution < -0.4 is 0 Å². The van der Waals surface area contributed by atoms with Crippen molar-refractivity contribution in [2.75, 3.05) is 13.1 Å². The number of amides is 1. The maximum absolute atomic E-state index is 12.2. The van der Waals surface area contributed by atoms with Crippen molar-refractivity contribution < 1.29 is 19.4 Å². The summed E-state index contributed by atoms with van der Waals surface area (Å²) in [5.74, 6) is -1.67. The maximum atomic E-state index is 12.2. The summed E-state index contributed by atoms with van der Waals surface area (Å²) in [5.41, 5.74) is 0.261. The summed E-state index contributed by atoms with van der Waals surface area (Å²) in [5, 5.41) is 10.7. The first-order valence-electron chi connectivity index (χ1n) is 8.21. The summed E-state index contributed by atoms with van der Waals surface area (Å²) in [4.78, 5) is 25.4. The van der Waals surface area contributed by atoms with Crippen molar-refractivity contribution in [3.05, 3.63) is 33.8 Å². The van der Waals surface area contributed by atoms with Crippen molar-refractivity contribution in [1.82, 2.24) is 4.90 Å². The summed E-state index contributed by atoms with van der Waals surface area (Å²) in [6.07, 6.45) is 0.645. The van der Waals surface area contributed by atoms with E-state index < -0.39 is 23.6 Å². The van der Waals surface area contributed by atoms with Gasteiger partial charge in [0.1, 0.15) is 5.60 Å². The highest BCUT2D eigenvalue weighted by molar-refractivity contribution is 6.35. The first-order chi connectivity index (χ1) is 11.6. The Labute approximate surface area is 157 Å². The lowest BCUT2D eigenvalue weighted by atomic mass is 9.81. The zero-order chi connectivity index (χ0) is 18.8. The topological polar surface area (TPSA) is 66.8 Å². The van der Waals surface area contributed by atoms with E-state index in [1.807, 2.05) is 6.07 Å². The maximum Gasteiger partial charge on any atom is 0.410 e. The molecule has 2 rings (SSSR count). The Morgan fingerprint density at radius 3 is 2.56 bits per heavy atom. The Balaban J connectivity index is 2.09. The monoisotopic (exact) mass is 387 g/mol. The van der Waals surface area contributed by atoms with E-state index in [9.17, 15) is 14.7 Å². The number of likely N-dealkylation sites (tertiary alicyclic amines) is 1. The molecule has 138 valence electrons. The second-order valence-corrected chi connectivity index (χ2v) is 8.20. The normalized spacial score (nSPS) is 21.1. The molecule has 1 aliphatic rings. The molecule has 25 heavy (non-hydrogen) atoms. The van der Waals surface area contributed by atoms with Crippen molar-refractivity contribution >= 4 is 35.3 Å². The van der Waals surface area contributed by atoms with Gasteiger partial charge in [0, 0.05) is 23.1 Å². The molecule has 0 unspecified atom stereocenters. The molecule has 1 aliphatic heterocycles. The number of piperidine rings is 1. The van der Waals surface area contributed by atoms with Crippen LogP contribution in [-0.2, 0) is 16.0 Å². The lowest BCUT2D eigenvalue weighted by molar-refractivity contribution is -0.145. The van der Waals surface area contributed by atoms with Crippen LogP contribution in [0.1, 0.15) is 32.8 Å². The first-order valence-corrected chi connectivity index (χ1v) is 8.97. The summed E-state index contributed by atoms with van der Waals surface area (Å²) >= 11 is 12.1. The predicted molar refractivity (Wildman–Crippen MR) is 97.2 cm³/mol. The van der Waals surface area contributed by atoms with Crippen LogP contribution in [0.3, 0.4) is 0 Å². The van der Waals surface area contributed by atoms with E-state index >= 15 is 0 Å². The van der Waals surface area contributed by atoms with Gasteiger partial charge < -0.3 is 14.7 Å². The van der Waals surface area contributed by atoms with Crippen molar-refractivity contribution in [3.63, 3.8) is 0 Å². The van der Waals surface area contributed by atoms with Crippen molar-refractivity contribution in [1.29, 1.82) is 0 Å². The third-order valence-corrected chi connectivity index (χ3v) is 4.81. The van der Waals surface area contributed by atoms with Gasteiger partial charge in [0.2, 0.25) is 0 Å². The molecule has 1 aromatic rings. The van der Waals surface area contributed by atoms with Crippen LogP contribution in [0, 0.1) is 11.8 Å². The number of hydrogen-bond donors (Lipinski definition) is 1. The summed E-state index contributed by atoms with van der Waals surface area (Å²) in [7, 11) is 0. The smallest absolute Gasteiger partial charge is 0.410 e. The predicted octanol–water partition coefficient (Wildman–Crippen LogP) is 4.49. The highest BCUT2D eigenvalue weighted by Crippen LogP contribution is 2.31. The van der Waals surface area contributed by atoms with Gasteiger partial charge in [-0.2, -0.15) is 0 Å². The van der Waals surface area contributed by atoms with Gasteiger partial charge in [0.25, 0.3) is 0 Å². The number of hydrogen-bond acceptors (Lipinski definition) is 3. The number of carbonyl (C=O) groups excluding carboxylic acids is 1. The average molecular weight is 388 g/mol. The number of carboxylic acids is 1. The van der Waals surface area contributed by atoms with Gasteiger partial charge in [0.15, 0.2) is 0 Å². The second-order valence-electron chi connectivity index (χ2n) is 7.36. The molecule has 0 aromatic heterocycles. The molecule has 1 heterocycles. The Morgan fingerprint density at radius 2 is 2.00 bits per heavy atom. The number of ether oxygens (including phenoxy) is 1. The fraction of sp³-hybridized carbons (Fsp3) is 0.556. The minimum atomic E-state index is -0.914. The summed E-state index contributed by atoms with van der Waals surface area (Å²) in [6.45, 7) is 5.97. The molecule has 1 N–H and O–H groups in total. The fourth-order valence-corrected chi connectivity index (χ4v) is 3.47. The lowest BCUT2D eigenvalue weighted by Crippen LogP contribution is -2.48. The van der Waals surface area contributed by atoms with E-state index in [-0.39, 0.29) is 12.5 Å². The SMILES string of the molecule is CC(C)(C)OC(=O)N1CC[C@H](Cc2ccc(Cl)cc2Cl)[C@H](C(=O)O)C1. The minimum absolute atomic E-state index is 0.102. The molecular formula is C18H23Cl2NO4. The molecule has 7 heteroatoms. The largest absolute Gasteiger partial charge is 0.481 e. The molecule has 2 atom stereocenters. The lowest BCUT2D eigenvalue weighted by Gasteiger charge is -2.37. The summed E-state index contributed by atoms with van der Waals surface area (Å²) < 4.78 is 5.35. The van der Waals surface area contributed by atoms with E-state index in [1.54, 1.807) is 32.9 Å². The number of aliphatic carboxylic acids is 1. The van der Waals surface area contributed by atoms with Gasteiger partial charge >= 0.3 is 12.1 Å². The van der Waals surface area contributed by atoms with E-state index in [2.05, 4.69) is 0 Å². The van der Waals surface area contributed by atoms with Crippen LogP contribution in [0.4, 0.5) is 4.79 Å². The first kappa shape index (κ1) is 19.9. The zero-order valence-corrected chi connectivity index (χ0v) is 16.1. The third-order valence-electron chi connectivity index (χ3n) is 4.22. The standard InChI is InChI=1S/C18H23Cl2NO4/c1-18(2,3)25-17(24)21-7-6-11(14(10-21)16(22)23)8-12-4-5-13(19)9-15(12)20/h4-5,9,11,14H,6-8,10H2,1-3H3,(H,22,23)/t11-,14-/m1/s1. The van der Waals surface area contributed by atoms with E-state index in [4.69, 9.17) is 27.9 Å². The molecule has 0 spiro atoms. The third kappa shape index (κ3) is 5.51. The number of benzene rings is 1. The molecule has 0 bridgehead atoms. The number of rotatable bonds is 3. The molecule has 1 saturated heterocycles. The number of halogens is 2. The molecule has 5 nitrogen and oxygen atoms in total. The minimum Gasteiger partial charge on any atom is -0.481 e. The molecule has 0 aliphatic carbocycles. The van der Waals surface area contributed by atoms with E-state index in [0.29, 0.717) is 29.4 Å². The fourth-order valence-electron chi connectivity index (χ4n) is 2.99. The Morgan fingerprint density at radius 1 is 1.32 bits per heavy atom. The molecule has 0 saturated carbocycles. The van der Waals surface area contributed by atoms with Gasteiger partial charge in [-0.3, -0.25) is 4.79 Å². The quantitative estimate of drug-likeness (QED) is 0.828. The van der Waals surface area contributed by atoms with Crippen LogP contribution >= 0.6 is 23.2 Å². The molecular weight excluding hydrogens is 365 g/mol. The van der Waals surface area contributed by atoms with E-state index in [1.165, 1.54) is 4.90 Å². The Kier molecular flexibility index (Phi) is 6.22. The van der Waals surface area contributed by atoms with Gasteiger partial charge in [-0.25, -0.2) is 4.79 Å². The van der Waals surface area contributed by atoms with Crippen LogP contribution in [0.15, 0.2) is 18.2 Å². The van der Waals surface area contributed by atoms with Crippen molar-refractivity contribution in [3.8, 4) is 0 Å². The summed E-state index contributed by atoms with van der Waals surface area (Å²) in [6, 6.07) is 5.22. The Bertz CT molecular complexity index is 657. The van der Waals surface area contributed by atoms with Gasteiger partial charge in [-0.15, -0.1) is 0 Å². The average Bonchev–Trinajstić information content (AvgIpc) is 2.48. The number of nitrogens with zero attached hydrogens (tertiary/aromatic N) is 1. The highest BCUT2D eigenvalue weighted by atomic mass is 35.5. The molecule has 1 fully saturated rings. The van der Waals surface area contributed by atoms with Gasteiger partial charge in [0.05, 0.1) is 5.92 Å². The molecule has 1 amide bonds. The number of carboxylic acid groups (broad SMARTS) is 1. The van der Waals surface area contributed by atoms with Gasteiger partial charge in [-0.05, 0) is 57.2 Å². The van der Waals surface area contributed by atoms with Crippen molar-refractivity contribution in [2.45, 2.75) is 39.2 Å². The number of carbonyl (C=O) groups is 2. The van der Waals surface area contributed by atoms with Crippen LogP contribution in [0.5, 0.6) is 0 Å². The molecule has 1 aromatic carbocycles. The van der Waals surface area contributed by atoms with Gasteiger partial charge in [-0.1, -0.05) is 29.3 Å². The van der Waals surface area contributed by atoms with Crippen LogP contribution in [0.2, 0.25) is 10.0 Å². The van der Waals surface area contributed by atoms with Crippen LogP contribution in [0.25, 0.3) is 0 Å². The molecule has 0 radical (unpaired) electrons. The second kappa shape index (κ2) is 7.83. The van der Waals surface area contributed by atoms with Crippen molar-refractivity contribution in [2.24, 2.45) is 11.8 Å².